The first kappa shape index (κ1) is 15.1. The summed E-state index contributed by atoms with van der Waals surface area (Å²) in [6.45, 7) is 0.399. The molecule has 2 rings (SSSR count). The van der Waals surface area contributed by atoms with Crippen molar-refractivity contribution in [3.63, 3.8) is 0 Å². The maximum Gasteiger partial charge on any atom is 0.404 e. The highest BCUT2D eigenvalue weighted by molar-refractivity contribution is 9.10. The first-order chi connectivity index (χ1) is 9.99. The second-order valence-corrected chi connectivity index (χ2v) is 5.17. The first-order valence-electron chi connectivity index (χ1n) is 5.94. The highest BCUT2D eigenvalue weighted by atomic mass is 79.9. The molecule has 8 nitrogen and oxygen atoms in total. The minimum absolute atomic E-state index is 0.204. The van der Waals surface area contributed by atoms with Crippen molar-refractivity contribution in [1.82, 2.24) is 15.2 Å². The van der Waals surface area contributed by atoms with Crippen molar-refractivity contribution in [2.45, 2.75) is 13.0 Å². The molecule has 0 spiro atoms. The average molecular weight is 354 g/mol. The Labute approximate surface area is 128 Å². The fraction of sp³-hybridized carbons (Fsp3) is 0.167. The standard InChI is InChI=1S/C12H12BrN5O3/c13-10-7-17(16-12(10)18(20)21)6-9-3-1-8(2-4-9)5-11(19)15-14/h1-4,7H,5-6,14H2,(H,15,19). The molecule has 0 aliphatic heterocycles. The molecule has 0 atom stereocenters. The van der Waals surface area contributed by atoms with Crippen LogP contribution >= 0.6 is 15.9 Å². The van der Waals surface area contributed by atoms with E-state index in [0.717, 1.165) is 11.1 Å². The molecule has 0 bridgehead atoms. The van der Waals surface area contributed by atoms with Crippen LogP contribution in [0.3, 0.4) is 0 Å². The van der Waals surface area contributed by atoms with Crippen molar-refractivity contribution in [1.29, 1.82) is 0 Å². The minimum atomic E-state index is -0.547. The molecule has 0 aliphatic carbocycles. The number of nitro groups is 1. The van der Waals surface area contributed by atoms with Crippen molar-refractivity contribution in [3.05, 3.63) is 56.2 Å². The van der Waals surface area contributed by atoms with Crippen LogP contribution < -0.4 is 11.3 Å². The third-order valence-electron chi connectivity index (χ3n) is 2.77. The third-order valence-corrected chi connectivity index (χ3v) is 3.32. The number of hydrogen-bond acceptors (Lipinski definition) is 5. The Morgan fingerprint density at radius 3 is 2.52 bits per heavy atom. The van der Waals surface area contributed by atoms with Gasteiger partial charge in [-0.15, -0.1) is 0 Å². The Balaban J connectivity index is 2.08. The molecule has 1 aromatic carbocycles. The highest BCUT2D eigenvalue weighted by Crippen LogP contribution is 2.22. The van der Waals surface area contributed by atoms with Gasteiger partial charge in [0.15, 0.2) is 0 Å². The molecular formula is C12H12BrN5O3. The molecule has 21 heavy (non-hydrogen) atoms. The zero-order valence-electron chi connectivity index (χ0n) is 10.8. The monoisotopic (exact) mass is 353 g/mol. The number of nitrogens with zero attached hydrogens (tertiary/aromatic N) is 3. The molecule has 0 saturated heterocycles. The van der Waals surface area contributed by atoms with Crippen LogP contribution in [0, 0.1) is 10.1 Å². The molecule has 1 amide bonds. The Kier molecular flexibility index (Phi) is 4.66. The minimum Gasteiger partial charge on any atom is -0.358 e. The van der Waals surface area contributed by atoms with Crippen LogP contribution in [0.2, 0.25) is 0 Å². The van der Waals surface area contributed by atoms with E-state index in [1.54, 1.807) is 18.3 Å². The van der Waals surface area contributed by atoms with E-state index in [-0.39, 0.29) is 18.1 Å². The summed E-state index contributed by atoms with van der Waals surface area (Å²) in [5.74, 6) is 4.54. The van der Waals surface area contributed by atoms with Gasteiger partial charge in [0.25, 0.3) is 0 Å². The van der Waals surface area contributed by atoms with E-state index in [1.807, 2.05) is 12.1 Å². The van der Waals surface area contributed by atoms with Gasteiger partial charge in [-0.05, 0) is 32.0 Å². The lowest BCUT2D eigenvalue weighted by atomic mass is 10.1. The van der Waals surface area contributed by atoms with E-state index in [1.165, 1.54) is 4.68 Å². The van der Waals surface area contributed by atoms with E-state index in [2.05, 4.69) is 26.5 Å². The molecule has 0 aliphatic rings. The summed E-state index contributed by atoms with van der Waals surface area (Å²) in [6.07, 6.45) is 1.75. The van der Waals surface area contributed by atoms with Crippen molar-refractivity contribution in [2.75, 3.05) is 0 Å². The molecule has 9 heteroatoms. The highest BCUT2D eigenvalue weighted by Gasteiger charge is 2.18. The van der Waals surface area contributed by atoms with Gasteiger partial charge in [-0.25, -0.2) is 5.84 Å². The molecule has 0 fully saturated rings. The summed E-state index contributed by atoms with van der Waals surface area (Å²) in [4.78, 5) is 21.3. The molecule has 1 heterocycles. The predicted molar refractivity (Wildman–Crippen MR) is 78.2 cm³/mol. The zero-order valence-corrected chi connectivity index (χ0v) is 12.4. The van der Waals surface area contributed by atoms with E-state index in [4.69, 9.17) is 5.84 Å². The molecular weight excluding hydrogens is 342 g/mol. The fourth-order valence-electron chi connectivity index (χ4n) is 1.78. The number of amides is 1. The van der Waals surface area contributed by atoms with Gasteiger partial charge in [0, 0.05) is 0 Å². The number of aromatic nitrogens is 2. The summed E-state index contributed by atoms with van der Waals surface area (Å²) >= 11 is 3.10. The first-order valence-corrected chi connectivity index (χ1v) is 6.73. The van der Waals surface area contributed by atoms with Crippen molar-refractivity contribution >= 4 is 27.7 Å². The van der Waals surface area contributed by atoms with Gasteiger partial charge in [0.2, 0.25) is 5.91 Å². The smallest absolute Gasteiger partial charge is 0.358 e. The van der Waals surface area contributed by atoms with Crippen LogP contribution in [-0.2, 0) is 17.8 Å². The summed E-state index contributed by atoms with van der Waals surface area (Å²) in [5.41, 5.74) is 3.81. The lowest BCUT2D eigenvalue weighted by Gasteiger charge is -2.02. The molecule has 1 aromatic heterocycles. The number of hydrazine groups is 1. The number of carbonyl (C=O) groups is 1. The van der Waals surface area contributed by atoms with Crippen LogP contribution in [0.5, 0.6) is 0 Å². The number of nitrogens with two attached hydrogens (primary N) is 1. The van der Waals surface area contributed by atoms with Gasteiger partial charge >= 0.3 is 5.82 Å². The summed E-state index contributed by atoms with van der Waals surface area (Å²) in [6, 6.07) is 7.27. The van der Waals surface area contributed by atoms with E-state index in [0.29, 0.717) is 11.0 Å². The van der Waals surface area contributed by atoms with Gasteiger partial charge in [-0.3, -0.25) is 10.2 Å². The van der Waals surface area contributed by atoms with Gasteiger partial charge < -0.3 is 10.1 Å². The molecule has 0 radical (unpaired) electrons. The maximum atomic E-state index is 11.1. The van der Waals surface area contributed by atoms with Crippen molar-refractivity contribution in [2.24, 2.45) is 5.84 Å². The molecule has 110 valence electrons. The van der Waals surface area contributed by atoms with Crippen LogP contribution in [0.1, 0.15) is 11.1 Å². The number of rotatable bonds is 5. The molecule has 0 saturated carbocycles. The Morgan fingerprint density at radius 2 is 2.00 bits per heavy atom. The number of benzene rings is 1. The number of nitrogens with one attached hydrogen (secondary N) is 1. The van der Waals surface area contributed by atoms with Crippen LogP contribution in [-0.4, -0.2) is 20.6 Å². The van der Waals surface area contributed by atoms with Gasteiger partial charge in [0.05, 0.1) is 24.3 Å². The quantitative estimate of drug-likeness (QED) is 0.361. The van der Waals surface area contributed by atoms with E-state index in [9.17, 15) is 14.9 Å². The SMILES string of the molecule is NNC(=O)Cc1ccc(Cn2cc(Br)c([N+](=O)[O-])n2)cc1. The third kappa shape index (κ3) is 3.86. The largest absolute Gasteiger partial charge is 0.404 e. The van der Waals surface area contributed by atoms with Crippen LogP contribution in [0.15, 0.2) is 34.9 Å². The van der Waals surface area contributed by atoms with Crippen LogP contribution in [0.4, 0.5) is 5.82 Å². The second-order valence-electron chi connectivity index (χ2n) is 4.32. The topological polar surface area (TPSA) is 116 Å². The normalized spacial score (nSPS) is 10.4. The van der Waals surface area contributed by atoms with Crippen molar-refractivity contribution in [3.8, 4) is 0 Å². The van der Waals surface area contributed by atoms with Crippen LogP contribution in [0.25, 0.3) is 0 Å². The van der Waals surface area contributed by atoms with Gasteiger partial charge in [0.1, 0.15) is 4.47 Å². The summed E-state index contributed by atoms with van der Waals surface area (Å²) in [7, 11) is 0. The molecule has 3 N–H and O–H groups in total. The van der Waals surface area contributed by atoms with Gasteiger partial charge in [-0.1, -0.05) is 24.3 Å². The van der Waals surface area contributed by atoms with Crippen molar-refractivity contribution < 1.29 is 9.72 Å². The fourth-order valence-corrected chi connectivity index (χ4v) is 2.24. The van der Waals surface area contributed by atoms with Gasteiger partial charge in [-0.2, -0.15) is 4.68 Å². The summed E-state index contributed by atoms with van der Waals surface area (Å²) < 4.78 is 1.81. The maximum absolute atomic E-state index is 11.1. The zero-order chi connectivity index (χ0) is 15.4. The predicted octanol–water partition coefficient (Wildman–Crippen LogP) is 1.13. The lowest BCUT2D eigenvalue weighted by Crippen LogP contribution is -2.31. The lowest BCUT2D eigenvalue weighted by molar-refractivity contribution is -0.390. The number of carbonyl (C=O) groups excluding carboxylic acids is 1. The Hall–Kier alpha value is -2.26. The number of hydrogen-bond donors (Lipinski definition) is 2. The molecule has 0 unspecified atom stereocenters. The average Bonchev–Trinajstić information content (AvgIpc) is 2.82. The second kappa shape index (κ2) is 6.46. The van der Waals surface area contributed by atoms with E-state index < -0.39 is 4.92 Å². The Bertz CT molecular complexity index is 668. The van der Waals surface area contributed by atoms with E-state index >= 15 is 0 Å². The summed E-state index contributed by atoms with van der Waals surface area (Å²) in [5, 5.41) is 14.6. The number of halogens is 1. The molecule has 2 aromatic rings. The Morgan fingerprint density at radius 1 is 1.38 bits per heavy atom.